The number of aliphatic hydroxyl groups is 4. The Morgan fingerprint density at radius 3 is 2.21 bits per heavy atom. The molecule has 0 spiro atoms. The molecule has 8 N–H and O–H groups in total. The van der Waals surface area contributed by atoms with Gasteiger partial charge in [0.2, 0.25) is 0 Å². The number of anilines is 2. The standard InChI is InChI=1S/C41H51ClFN9O6/c42-32-17-28(4-1-23(32)20-44)58-27-5-2-24(3-6-27)52(26-11-15-51(16-12-26)36-22-46-34(21-47-36)38(45)54)25-9-13-50(14-10-25)35-18-29-31(19-33(35)43)41(57,49-39(29)55)30-7-8-37(53)48-40(30)56/h1,4,17-19,21-22,24-27,30,37,39-40,48-49,53,55-57H,2-3,5-16H2,(H2,45,54)/t24?,27?,30-,37-,39-,40-,41-/m1/s1. The van der Waals surface area contributed by atoms with Crippen molar-refractivity contribution in [2.75, 3.05) is 36.0 Å². The molecule has 3 aromatic rings. The summed E-state index contributed by atoms with van der Waals surface area (Å²) in [6, 6.07) is 11.1. The molecule has 1 amide bonds. The Balaban J connectivity index is 0.962. The van der Waals surface area contributed by atoms with Crippen molar-refractivity contribution in [1.29, 1.82) is 5.26 Å². The number of nitriles is 1. The van der Waals surface area contributed by atoms with Gasteiger partial charge in [0.15, 0.2) is 5.72 Å². The van der Waals surface area contributed by atoms with Crippen LogP contribution in [0.1, 0.15) is 97.6 Å². The van der Waals surface area contributed by atoms with Crippen molar-refractivity contribution < 1.29 is 34.3 Å². The molecule has 5 atom stereocenters. The van der Waals surface area contributed by atoms with Crippen molar-refractivity contribution in [3.05, 3.63) is 75.9 Å². The molecule has 0 unspecified atom stereocenters. The molecule has 58 heavy (non-hydrogen) atoms. The summed E-state index contributed by atoms with van der Waals surface area (Å²) in [4.78, 5) is 27.1. The van der Waals surface area contributed by atoms with Crippen LogP contribution in [0.15, 0.2) is 42.7 Å². The van der Waals surface area contributed by atoms with Crippen LogP contribution in [0.5, 0.6) is 5.75 Å². The average molecular weight is 820 g/mol. The molecule has 1 aliphatic carbocycles. The number of aliphatic hydroxyl groups excluding tert-OH is 3. The Kier molecular flexibility index (Phi) is 11.8. The summed E-state index contributed by atoms with van der Waals surface area (Å²) in [5.41, 5.74) is 4.95. The molecule has 4 fully saturated rings. The summed E-state index contributed by atoms with van der Waals surface area (Å²) >= 11 is 6.29. The quantitative estimate of drug-likeness (QED) is 0.165. The van der Waals surface area contributed by atoms with Gasteiger partial charge in [-0.3, -0.25) is 20.3 Å². The number of hydrogen-bond acceptors (Lipinski definition) is 14. The van der Waals surface area contributed by atoms with Crippen molar-refractivity contribution in [2.24, 2.45) is 11.7 Å². The van der Waals surface area contributed by atoms with E-state index >= 15 is 4.39 Å². The van der Waals surface area contributed by atoms with E-state index < -0.39 is 42.1 Å². The van der Waals surface area contributed by atoms with E-state index in [1.165, 1.54) is 12.3 Å². The highest BCUT2D eigenvalue weighted by Gasteiger charge is 2.52. The molecule has 310 valence electrons. The molecule has 4 aliphatic heterocycles. The highest BCUT2D eigenvalue weighted by Crippen LogP contribution is 2.46. The van der Waals surface area contributed by atoms with Crippen LogP contribution in [0.4, 0.5) is 15.9 Å². The van der Waals surface area contributed by atoms with E-state index in [9.17, 15) is 30.5 Å². The number of fused-ring (bicyclic) bond motifs is 1. The van der Waals surface area contributed by atoms with E-state index in [0.717, 1.165) is 64.5 Å². The van der Waals surface area contributed by atoms with Gasteiger partial charge in [0.1, 0.15) is 47.8 Å². The van der Waals surface area contributed by atoms with Gasteiger partial charge >= 0.3 is 0 Å². The fourth-order valence-corrected chi connectivity index (χ4v) is 10.2. The van der Waals surface area contributed by atoms with E-state index in [4.69, 9.17) is 22.1 Å². The third-order valence-corrected chi connectivity index (χ3v) is 13.3. The summed E-state index contributed by atoms with van der Waals surface area (Å²) in [6.07, 6.45) is 7.24. The maximum Gasteiger partial charge on any atom is 0.268 e. The lowest BCUT2D eigenvalue weighted by atomic mass is 9.82. The van der Waals surface area contributed by atoms with Crippen molar-refractivity contribution in [3.8, 4) is 11.8 Å². The molecule has 3 saturated heterocycles. The number of carbonyl (C=O) groups excluding carboxylic acids is 1. The monoisotopic (exact) mass is 819 g/mol. The lowest BCUT2D eigenvalue weighted by molar-refractivity contribution is -0.151. The lowest BCUT2D eigenvalue weighted by Gasteiger charge is -2.50. The largest absolute Gasteiger partial charge is 0.490 e. The number of nitrogens with zero attached hydrogens (tertiary/aromatic N) is 6. The Labute approximate surface area is 341 Å². The fraction of sp³-hybridized carbons (Fsp3) is 0.561. The maximum absolute atomic E-state index is 16.1. The second-order valence-corrected chi connectivity index (χ2v) is 16.7. The molecule has 8 rings (SSSR count). The number of nitrogens with one attached hydrogen (secondary N) is 2. The van der Waals surface area contributed by atoms with Crippen molar-refractivity contribution in [3.63, 3.8) is 0 Å². The summed E-state index contributed by atoms with van der Waals surface area (Å²) in [5.74, 6) is -0.577. The number of benzene rings is 2. The topological polar surface area (TPSA) is 217 Å². The predicted molar refractivity (Wildman–Crippen MR) is 212 cm³/mol. The van der Waals surface area contributed by atoms with E-state index in [1.54, 1.807) is 30.5 Å². The minimum absolute atomic E-state index is 0.0299. The average Bonchev–Trinajstić information content (AvgIpc) is 3.47. The number of nitrogens with two attached hydrogens (primary N) is 1. The third-order valence-electron chi connectivity index (χ3n) is 13.0. The summed E-state index contributed by atoms with van der Waals surface area (Å²) in [6.45, 7) is 2.76. The number of rotatable bonds is 9. The zero-order chi connectivity index (χ0) is 40.7. The normalized spacial score (nSPS) is 29.6. The third kappa shape index (κ3) is 8.06. The number of piperidine rings is 3. The molecule has 1 saturated carbocycles. The summed E-state index contributed by atoms with van der Waals surface area (Å²) in [5, 5.41) is 58.4. The minimum atomic E-state index is -1.89. The first-order valence-electron chi connectivity index (χ1n) is 20.3. The van der Waals surface area contributed by atoms with Gasteiger partial charge in [-0.2, -0.15) is 5.26 Å². The molecular weight excluding hydrogens is 769 g/mol. The first-order valence-corrected chi connectivity index (χ1v) is 20.7. The van der Waals surface area contributed by atoms with E-state index in [2.05, 4.69) is 36.5 Å². The van der Waals surface area contributed by atoms with Gasteiger partial charge in [-0.25, -0.2) is 14.4 Å². The molecule has 17 heteroatoms. The number of carbonyl (C=O) groups is 1. The van der Waals surface area contributed by atoms with Crippen LogP contribution in [-0.4, -0.2) is 104 Å². The molecule has 15 nitrogen and oxygen atoms in total. The number of amides is 1. The Morgan fingerprint density at radius 1 is 0.931 bits per heavy atom. The van der Waals surface area contributed by atoms with Crippen molar-refractivity contribution in [1.82, 2.24) is 25.5 Å². The van der Waals surface area contributed by atoms with Gasteiger partial charge in [0.05, 0.1) is 34.8 Å². The second-order valence-electron chi connectivity index (χ2n) is 16.3. The van der Waals surface area contributed by atoms with Crippen LogP contribution in [0, 0.1) is 23.1 Å². The zero-order valence-corrected chi connectivity index (χ0v) is 32.9. The number of halogens is 2. The minimum Gasteiger partial charge on any atom is -0.490 e. The first-order chi connectivity index (χ1) is 27.9. The zero-order valence-electron chi connectivity index (χ0n) is 32.2. The van der Waals surface area contributed by atoms with Gasteiger partial charge in [0, 0.05) is 67.4 Å². The SMILES string of the molecule is N#Cc1ccc(OC2CCC(N(C3CCN(c4cnc(C(N)=O)cn4)CC3)C3CCN(c4cc5c(cc4F)[C@](O)([C@@H]4CC[C@@H](O)N[C@@H]4O)N[C@@H]5O)CC3)CC2)cc1Cl. The van der Waals surface area contributed by atoms with Crippen LogP contribution in [0.3, 0.4) is 0 Å². The fourth-order valence-electron chi connectivity index (χ4n) is 9.99. The number of aromatic nitrogens is 2. The number of primary amides is 1. The van der Waals surface area contributed by atoms with E-state index in [-0.39, 0.29) is 36.2 Å². The van der Waals surface area contributed by atoms with Crippen molar-refractivity contribution in [2.45, 2.75) is 113 Å². The van der Waals surface area contributed by atoms with E-state index in [0.29, 0.717) is 58.6 Å². The summed E-state index contributed by atoms with van der Waals surface area (Å²) in [7, 11) is 0. The lowest BCUT2D eigenvalue weighted by Crippen LogP contribution is -2.58. The molecular formula is C41H51ClFN9O6. The molecule has 0 radical (unpaired) electrons. The molecule has 2 aromatic carbocycles. The Morgan fingerprint density at radius 2 is 1.60 bits per heavy atom. The number of ether oxygens (including phenoxy) is 1. The maximum atomic E-state index is 16.1. The molecule has 5 heterocycles. The van der Waals surface area contributed by atoms with Crippen LogP contribution in [0.2, 0.25) is 5.02 Å². The second kappa shape index (κ2) is 16.8. The van der Waals surface area contributed by atoms with Crippen LogP contribution >= 0.6 is 11.6 Å². The first kappa shape index (κ1) is 40.6. The van der Waals surface area contributed by atoms with Gasteiger partial charge in [0.25, 0.3) is 5.91 Å². The van der Waals surface area contributed by atoms with Gasteiger partial charge in [-0.15, -0.1) is 0 Å². The van der Waals surface area contributed by atoms with E-state index in [1.807, 2.05) is 4.90 Å². The van der Waals surface area contributed by atoms with Crippen LogP contribution in [0.25, 0.3) is 0 Å². The summed E-state index contributed by atoms with van der Waals surface area (Å²) < 4.78 is 22.4. The molecule has 1 aromatic heterocycles. The number of hydrogen-bond donors (Lipinski definition) is 7. The predicted octanol–water partition coefficient (Wildman–Crippen LogP) is 2.95. The van der Waals surface area contributed by atoms with Gasteiger partial charge < -0.3 is 40.7 Å². The highest BCUT2D eigenvalue weighted by molar-refractivity contribution is 6.31. The van der Waals surface area contributed by atoms with Gasteiger partial charge in [-0.05, 0) is 88.5 Å². The smallest absolute Gasteiger partial charge is 0.268 e. The molecule has 5 aliphatic rings. The van der Waals surface area contributed by atoms with Crippen LogP contribution < -0.4 is 30.9 Å². The molecule has 0 bridgehead atoms. The highest BCUT2D eigenvalue weighted by atomic mass is 35.5. The Hall–Kier alpha value is -4.18. The van der Waals surface area contributed by atoms with Crippen LogP contribution in [-0.2, 0) is 5.72 Å². The Bertz CT molecular complexity index is 2000. The van der Waals surface area contributed by atoms with Crippen molar-refractivity contribution >= 4 is 29.0 Å². The van der Waals surface area contributed by atoms with Gasteiger partial charge in [-0.1, -0.05) is 11.6 Å².